The number of benzene rings is 1. The molecule has 3 aliphatic heterocycles. The molecule has 8 nitrogen and oxygen atoms in total. The third-order valence-electron chi connectivity index (χ3n) is 8.55. The SMILES string of the molecule is C=C1C(=O)O[C@H]2[C@H]1CCC(C(=O)CN1CCN(C(=O)c3ccc4ccccc4n3)CC1)=CCC[C@@]1(C)O[C@@H]21. The number of ketones is 1. The molecule has 0 radical (unpaired) electrons. The molecule has 198 valence electrons. The molecular formula is C30H33N3O5. The first-order chi connectivity index (χ1) is 18.3. The maximum atomic E-state index is 13.3. The van der Waals surface area contributed by atoms with Gasteiger partial charge in [0.25, 0.3) is 5.91 Å². The first kappa shape index (κ1) is 24.9. The second-order valence-corrected chi connectivity index (χ2v) is 11.0. The van der Waals surface area contributed by atoms with Crippen LogP contribution in [0.25, 0.3) is 10.9 Å². The lowest BCUT2D eigenvalue weighted by atomic mass is 9.83. The van der Waals surface area contributed by atoms with E-state index in [-0.39, 0.29) is 41.4 Å². The fourth-order valence-electron chi connectivity index (χ4n) is 6.07. The summed E-state index contributed by atoms with van der Waals surface area (Å²) in [7, 11) is 0. The zero-order chi connectivity index (χ0) is 26.4. The lowest BCUT2D eigenvalue weighted by Gasteiger charge is -2.34. The van der Waals surface area contributed by atoms with Crippen LogP contribution in [0.15, 0.2) is 60.2 Å². The van der Waals surface area contributed by atoms with Gasteiger partial charge in [-0.25, -0.2) is 9.78 Å². The number of aromatic nitrogens is 1. The Hall–Kier alpha value is -3.36. The Morgan fingerprint density at radius 1 is 1.13 bits per heavy atom. The smallest absolute Gasteiger partial charge is 0.334 e. The maximum Gasteiger partial charge on any atom is 0.334 e. The van der Waals surface area contributed by atoms with Crippen molar-refractivity contribution in [3.8, 4) is 0 Å². The summed E-state index contributed by atoms with van der Waals surface area (Å²) in [5.74, 6) is -0.441. The number of ether oxygens (including phenoxy) is 2. The second-order valence-electron chi connectivity index (χ2n) is 11.0. The number of rotatable bonds is 4. The van der Waals surface area contributed by atoms with Crippen LogP contribution < -0.4 is 0 Å². The van der Waals surface area contributed by atoms with Gasteiger partial charge in [0.05, 0.1) is 17.7 Å². The average molecular weight is 516 g/mol. The molecule has 4 aliphatic rings. The summed E-state index contributed by atoms with van der Waals surface area (Å²) < 4.78 is 11.6. The van der Waals surface area contributed by atoms with Crippen molar-refractivity contribution in [2.45, 2.75) is 50.4 Å². The van der Waals surface area contributed by atoms with Crippen LogP contribution in [0.2, 0.25) is 0 Å². The predicted molar refractivity (Wildman–Crippen MR) is 141 cm³/mol. The van der Waals surface area contributed by atoms with E-state index in [2.05, 4.69) is 29.5 Å². The van der Waals surface area contributed by atoms with Crippen molar-refractivity contribution in [2.75, 3.05) is 32.7 Å². The normalized spacial score (nSPS) is 29.8. The quantitative estimate of drug-likeness (QED) is 0.350. The van der Waals surface area contributed by atoms with Crippen molar-refractivity contribution in [2.24, 2.45) is 5.92 Å². The number of hydrogen-bond donors (Lipinski definition) is 0. The number of piperazine rings is 1. The van der Waals surface area contributed by atoms with E-state index in [9.17, 15) is 14.4 Å². The Morgan fingerprint density at radius 3 is 2.74 bits per heavy atom. The van der Waals surface area contributed by atoms with Gasteiger partial charge >= 0.3 is 5.97 Å². The highest BCUT2D eigenvalue weighted by Gasteiger charge is 2.61. The Balaban J connectivity index is 1.06. The minimum atomic E-state index is -0.347. The molecule has 1 aliphatic carbocycles. The van der Waals surface area contributed by atoms with Gasteiger partial charge in [-0.15, -0.1) is 0 Å². The molecule has 6 rings (SSSR count). The number of para-hydroxylation sites is 1. The van der Waals surface area contributed by atoms with E-state index < -0.39 is 0 Å². The molecule has 0 bridgehead atoms. The molecule has 0 unspecified atom stereocenters. The lowest BCUT2D eigenvalue weighted by molar-refractivity contribution is -0.140. The summed E-state index contributed by atoms with van der Waals surface area (Å²) in [6, 6.07) is 11.5. The third kappa shape index (κ3) is 4.67. The van der Waals surface area contributed by atoms with Gasteiger partial charge in [0.1, 0.15) is 17.9 Å². The van der Waals surface area contributed by atoms with Gasteiger partial charge in [-0.2, -0.15) is 0 Å². The molecule has 4 atom stereocenters. The van der Waals surface area contributed by atoms with Crippen LogP contribution in [0, 0.1) is 5.92 Å². The number of epoxide rings is 1. The summed E-state index contributed by atoms with van der Waals surface area (Å²) >= 11 is 0. The zero-order valence-electron chi connectivity index (χ0n) is 21.7. The Bertz CT molecular complexity index is 1340. The van der Waals surface area contributed by atoms with Crippen LogP contribution in [0.5, 0.6) is 0 Å². The van der Waals surface area contributed by atoms with Gasteiger partial charge in [-0.1, -0.05) is 36.9 Å². The Morgan fingerprint density at radius 2 is 1.92 bits per heavy atom. The highest BCUT2D eigenvalue weighted by atomic mass is 16.6. The van der Waals surface area contributed by atoms with Crippen molar-refractivity contribution < 1.29 is 23.9 Å². The van der Waals surface area contributed by atoms with Gasteiger partial charge in [0.15, 0.2) is 5.78 Å². The molecule has 1 aromatic carbocycles. The number of allylic oxidation sites excluding steroid dienone is 1. The number of carbonyl (C=O) groups is 3. The van der Waals surface area contributed by atoms with Gasteiger partial charge in [-0.3, -0.25) is 14.5 Å². The van der Waals surface area contributed by atoms with Crippen molar-refractivity contribution in [1.29, 1.82) is 0 Å². The Labute approximate surface area is 222 Å². The lowest BCUT2D eigenvalue weighted by Crippen LogP contribution is -2.50. The fraction of sp³-hybridized carbons (Fsp3) is 0.467. The molecule has 4 heterocycles. The first-order valence-corrected chi connectivity index (χ1v) is 13.5. The summed E-state index contributed by atoms with van der Waals surface area (Å²) in [5.41, 5.74) is 2.23. The van der Waals surface area contributed by atoms with Crippen LogP contribution >= 0.6 is 0 Å². The van der Waals surface area contributed by atoms with E-state index in [1.54, 1.807) is 6.07 Å². The first-order valence-electron chi connectivity index (χ1n) is 13.5. The van der Waals surface area contributed by atoms with Crippen LogP contribution in [0.1, 0.15) is 43.1 Å². The second kappa shape index (κ2) is 9.75. The zero-order valence-corrected chi connectivity index (χ0v) is 21.7. The van der Waals surface area contributed by atoms with E-state index in [0.717, 1.165) is 29.3 Å². The summed E-state index contributed by atoms with van der Waals surface area (Å²) in [5, 5.41) is 1.01. The summed E-state index contributed by atoms with van der Waals surface area (Å²) in [4.78, 5) is 47.1. The van der Waals surface area contributed by atoms with Crippen molar-refractivity contribution in [3.63, 3.8) is 0 Å². The van der Waals surface area contributed by atoms with E-state index in [1.165, 1.54) is 0 Å². The molecule has 1 amide bonds. The van der Waals surface area contributed by atoms with Crippen LogP contribution in [0.3, 0.4) is 0 Å². The monoisotopic (exact) mass is 515 g/mol. The molecule has 8 heteroatoms. The van der Waals surface area contributed by atoms with E-state index in [4.69, 9.17) is 9.47 Å². The van der Waals surface area contributed by atoms with E-state index >= 15 is 0 Å². The molecule has 1 aromatic heterocycles. The maximum absolute atomic E-state index is 13.3. The van der Waals surface area contributed by atoms with Gasteiger partial charge in [-0.05, 0) is 50.3 Å². The number of nitrogens with zero attached hydrogens (tertiary/aromatic N) is 3. The molecule has 38 heavy (non-hydrogen) atoms. The molecule has 2 aromatic rings. The molecule has 0 spiro atoms. The number of amides is 1. The minimum Gasteiger partial charge on any atom is -0.455 e. The molecule has 0 saturated carbocycles. The van der Waals surface area contributed by atoms with Gasteiger partial charge in [0.2, 0.25) is 0 Å². The summed E-state index contributed by atoms with van der Waals surface area (Å²) in [6.45, 7) is 8.72. The van der Waals surface area contributed by atoms with Crippen LogP contribution in [-0.4, -0.2) is 83.0 Å². The topological polar surface area (TPSA) is 92.3 Å². The van der Waals surface area contributed by atoms with Crippen LogP contribution in [0.4, 0.5) is 0 Å². The number of pyridine rings is 1. The molecule has 3 fully saturated rings. The molecular weight excluding hydrogens is 482 g/mol. The Kier molecular flexibility index (Phi) is 6.40. The van der Waals surface area contributed by atoms with E-state index in [1.807, 2.05) is 35.2 Å². The predicted octanol–water partition coefficient (Wildman–Crippen LogP) is 3.32. The van der Waals surface area contributed by atoms with Gasteiger partial charge in [0, 0.05) is 43.1 Å². The number of fused-ring (bicyclic) bond motifs is 4. The van der Waals surface area contributed by atoms with Crippen LogP contribution in [-0.2, 0) is 19.1 Å². The highest BCUT2D eigenvalue weighted by Crippen LogP contribution is 2.49. The number of esters is 1. The minimum absolute atomic E-state index is 0.0750. The third-order valence-corrected chi connectivity index (χ3v) is 8.55. The molecule has 3 saturated heterocycles. The highest BCUT2D eigenvalue weighted by molar-refractivity contribution is 5.97. The largest absolute Gasteiger partial charge is 0.455 e. The van der Waals surface area contributed by atoms with Crippen molar-refractivity contribution >= 4 is 28.6 Å². The van der Waals surface area contributed by atoms with Gasteiger partial charge < -0.3 is 14.4 Å². The van der Waals surface area contributed by atoms with Crippen molar-refractivity contribution in [3.05, 3.63) is 65.9 Å². The van der Waals surface area contributed by atoms with E-state index in [0.29, 0.717) is 56.8 Å². The van der Waals surface area contributed by atoms with Crippen molar-refractivity contribution in [1.82, 2.24) is 14.8 Å². The average Bonchev–Trinajstić information content (AvgIpc) is 3.52. The number of carbonyl (C=O) groups excluding carboxylic acids is 3. The number of hydrogen-bond acceptors (Lipinski definition) is 7. The number of Topliss-reactive ketones (excluding diaryl/α,β-unsaturated/α-hetero) is 1. The standard InChI is InChI=1S/C30H33N3O5/c1-19-22-11-9-21(7-5-13-30(2)27(38-30)26(22)37-29(19)36)25(34)18-32-14-16-33(17-15-32)28(35)24-12-10-20-6-3-4-8-23(20)31-24/h3-4,6-8,10,12,22,26-27H,1,5,9,11,13-18H2,2H3/t22-,26-,27-,30+/m0/s1. The summed E-state index contributed by atoms with van der Waals surface area (Å²) in [6.07, 6.45) is 4.42. The molecule has 0 N–H and O–H groups in total. The fourth-order valence-corrected chi connectivity index (χ4v) is 6.07.